The summed E-state index contributed by atoms with van der Waals surface area (Å²) in [4.78, 5) is 39.4. The van der Waals surface area contributed by atoms with Crippen LogP contribution >= 0.6 is 0 Å². The van der Waals surface area contributed by atoms with Crippen LogP contribution in [-0.4, -0.2) is 40.8 Å². The topological polar surface area (TPSA) is 66.5 Å². The number of hydrogen-bond donors (Lipinski definition) is 1. The van der Waals surface area contributed by atoms with Gasteiger partial charge in [-0.3, -0.25) is 14.4 Å². The van der Waals surface area contributed by atoms with E-state index >= 15 is 0 Å². The van der Waals surface area contributed by atoms with Crippen LogP contribution in [0, 0.1) is 11.3 Å². The second-order valence-corrected chi connectivity index (χ2v) is 8.97. The fourth-order valence-electron chi connectivity index (χ4n) is 4.01. The molecule has 0 radical (unpaired) electrons. The number of halogens is 3. The number of rotatable bonds is 6. The molecule has 158 valence electrons. The normalized spacial score (nSPS) is 24.8. The van der Waals surface area contributed by atoms with Crippen LogP contribution in [0.4, 0.5) is 13.2 Å². The number of alkyl halides is 3. The van der Waals surface area contributed by atoms with Gasteiger partial charge in [-0.05, 0) is 24.2 Å². The van der Waals surface area contributed by atoms with E-state index in [0.29, 0.717) is 12.8 Å². The van der Waals surface area contributed by atoms with Gasteiger partial charge in [-0.1, -0.05) is 41.0 Å². The second-order valence-electron chi connectivity index (χ2n) is 8.97. The highest BCUT2D eigenvalue weighted by molar-refractivity contribution is 6.13. The molecule has 1 N–H and O–H groups in total. The molecular weight excluding hydrogens is 373 g/mol. The third kappa shape index (κ3) is 3.82. The van der Waals surface area contributed by atoms with Crippen molar-refractivity contribution in [1.82, 2.24) is 10.2 Å². The maximum absolute atomic E-state index is 14.3. The van der Waals surface area contributed by atoms with E-state index in [1.165, 1.54) is 0 Å². The maximum atomic E-state index is 14.3. The Morgan fingerprint density at radius 1 is 1.21 bits per heavy atom. The molecule has 8 heteroatoms. The van der Waals surface area contributed by atoms with Crippen LogP contribution in [0.2, 0.25) is 0 Å². The summed E-state index contributed by atoms with van der Waals surface area (Å²) in [5, 5.41) is 1.94. The quantitative estimate of drug-likeness (QED) is 0.736. The number of ketones is 1. The average Bonchev–Trinajstić information content (AvgIpc) is 2.72. The van der Waals surface area contributed by atoms with E-state index < -0.39 is 40.3 Å². The number of carbonyl (C=O) groups is 3. The van der Waals surface area contributed by atoms with Crippen molar-refractivity contribution in [2.45, 2.75) is 78.4 Å². The van der Waals surface area contributed by atoms with Gasteiger partial charge in [-0.2, -0.15) is 13.2 Å². The van der Waals surface area contributed by atoms with E-state index in [-0.39, 0.29) is 37.4 Å². The van der Waals surface area contributed by atoms with E-state index in [4.69, 9.17) is 0 Å². The Balaban J connectivity index is 2.65. The van der Waals surface area contributed by atoms with Crippen molar-refractivity contribution in [1.29, 1.82) is 0 Å². The molecule has 0 aromatic heterocycles. The molecule has 1 heterocycles. The second kappa shape index (κ2) is 7.52. The van der Waals surface area contributed by atoms with Gasteiger partial charge in [0, 0.05) is 25.1 Å². The molecular formula is C20H29F3N2O3. The molecule has 1 aliphatic heterocycles. The van der Waals surface area contributed by atoms with Crippen LogP contribution in [0.15, 0.2) is 11.3 Å². The maximum Gasteiger partial charge on any atom is 0.425 e. The lowest BCUT2D eigenvalue weighted by Crippen LogP contribution is -2.66. The van der Waals surface area contributed by atoms with Crippen LogP contribution in [0.1, 0.15) is 66.7 Å². The van der Waals surface area contributed by atoms with Gasteiger partial charge in [0.15, 0.2) is 5.78 Å². The molecule has 0 aromatic rings. The van der Waals surface area contributed by atoms with Gasteiger partial charge in [0.25, 0.3) is 5.91 Å². The highest BCUT2D eigenvalue weighted by atomic mass is 19.4. The zero-order valence-corrected chi connectivity index (χ0v) is 17.1. The zero-order valence-electron chi connectivity index (χ0n) is 17.1. The smallest absolute Gasteiger partial charge is 0.330 e. The minimum Gasteiger partial charge on any atom is -0.330 e. The van der Waals surface area contributed by atoms with E-state index in [1.807, 2.05) is 12.2 Å². The number of amides is 2. The molecule has 0 aromatic carbocycles. The van der Waals surface area contributed by atoms with Crippen LogP contribution in [0.25, 0.3) is 0 Å². The summed E-state index contributed by atoms with van der Waals surface area (Å²) in [6.07, 6.45) is -4.01. The summed E-state index contributed by atoms with van der Waals surface area (Å²) < 4.78 is 43.0. The molecule has 2 amide bonds. The number of nitrogens with one attached hydrogen (secondary N) is 1. The van der Waals surface area contributed by atoms with Crippen molar-refractivity contribution in [3.8, 4) is 0 Å². The van der Waals surface area contributed by atoms with Crippen molar-refractivity contribution in [2.24, 2.45) is 11.3 Å². The number of unbranched alkanes of at least 4 members (excludes halogenated alkanes) is 1. The van der Waals surface area contributed by atoms with Crippen molar-refractivity contribution >= 4 is 17.6 Å². The number of allylic oxidation sites excluding steroid dienone is 1. The van der Waals surface area contributed by atoms with Gasteiger partial charge < -0.3 is 10.2 Å². The molecule has 0 unspecified atom stereocenters. The predicted molar refractivity (Wildman–Crippen MR) is 98.1 cm³/mol. The van der Waals surface area contributed by atoms with Gasteiger partial charge in [0.1, 0.15) is 0 Å². The minimum absolute atomic E-state index is 0.0927. The van der Waals surface area contributed by atoms with E-state index in [1.54, 1.807) is 27.7 Å². The van der Waals surface area contributed by atoms with Gasteiger partial charge in [0.05, 0.1) is 5.57 Å². The summed E-state index contributed by atoms with van der Waals surface area (Å²) in [5.41, 5.74) is -4.31. The van der Waals surface area contributed by atoms with E-state index in [2.05, 4.69) is 0 Å². The van der Waals surface area contributed by atoms with E-state index in [9.17, 15) is 27.6 Å². The molecule has 0 spiro atoms. The number of nitrogens with zero attached hydrogens (tertiary/aromatic N) is 1. The first kappa shape index (κ1) is 22.4. The molecule has 0 saturated heterocycles. The molecule has 2 rings (SSSR count). The monoisotopic (exact) mass is 402 g/mol. The molecule has 28 heavy (non-hydrogen) atoms. The Bertz CT molecular complexity index is 710. The third-order valence-electron chi connectivity index (χ3n) is 5.20. The first-order valence-electron chi connectivity index (χ1n) is 9.73. The third-order valence-corrected chi connectivity index (χ3v) is 5.20. The Labute approximate surface area is 163 Å². The minimum atomic E-state index is -5.12. The lowest BCUT2D eigenvalue weighted by Gasteiger charge is -2.35. The molecule has 2 aliphatic rings. The molecule has 1 atom stereocenters. The van der Waals surface area contributed by atoms with Crippen molar-refractivity contribution in [3.05, 3.63) is 11.3 Å². The predicted octanol–water partition coefficient (Wildman–Crippen LogP) is 3.74. The first-order valence-corrected chi connectivity index (χ1v) is 9.73. The number of hydrogen-bond acceptors (Lipinski definition) is 3. The molecule has 0 saturated carbocycles. The Kier molecular flexibility index (Phi) is 6.02. The highest BCUT2D eigenvalue weighted by Crippen LogP contribution is 2.51. The lowest BCUT2D eigenvalue weighted by molar-refractivity contribution is -0.194. The van der Waals surface area contributed by atoms with Crippen molar-refractivity contribution < 1.29 is 27.6 Å². The molecule has 1 aliphatic carbocycles. The SMILES string of the molecule is CCCCN1C(=O)[C@@](NC(=O)CC(C)C)(C(F)(F)F)C2=C1CC(C)(C)CC2=O. The zero-order chi connectivity index (χ0) is 21.5. The van der Waals surface area contributed by atoms with Gasteiger partial charge in [0.2, 0.25) is 11.4 Å². The summed E-state index contributed by atoms with van der Waals surface area (Å²) >= 11 is 0. The molecule has 5 nitrogen and oxygen atoms in total. The standard InChI is InChI=1S/C20H29F3N2O3/c1-6-7-8-25-13-10-18(4,5)11-14(26)16(13)19(17(25)28,20(21,22)23)24-15(27)9-12(2)3/h12H,6-11H2,1-5H3,(H,24,27)/t19-/m1/s1. The van der Waals surface area contributed by atoms with Crippen molar-refractivity contribution in [2.75, 3.05) is 6.54 Å². The summed E-state index contributed by atoms with van der Waals surface area (Å²) in [7, 11) is 0. The van der Waals surface area contributed by atoms with Crippen LogP contribution in [0.5, 0.6) is 0 Å². The van der Waals surface area contributed by atoms with Crippen LogP contribution < -0.4 is 5.32 Å². The summed E-state index contributed by atoms with van der Waals surface area (Å²) in [6, 6.07) is 0. The van der Waals surface area contributed by atoms with Gasteiger partial charge >= 0.3 is 6.18 Å². The van der Waals surface area contributed by atoms with Crippen LogP contribution in [0.3, 0.4) is 0 Å². The van der Waals surface area contributed by atoms with Crippen LogP contribution in [-0.2, 0) is 14.4 Å². The fourth-order valence-corrected chi connectivity index (χ4v) is 4.01. The summed E-state index contributed by atoms with van der Waals surface area (Å²) in [6.45, 7) is 8.94. The fraction of sp³-hybridized carbons (Fsp3) is 0.750. The lowest BCUT2D eigenvalue weighted by atomic mass is 9.72. The Morgan fingerprint density at radius 3 is 2.32 bits per heavy atom. The summed E-state index contributed by atoms with van der Waals surface area (Å²) in [5.74, 6) is -3.06. The Morgan fingerprint density at radius 2 is 1.82 bits per heavy atom. The Hall–Kier alpha value is -1.86. The number of Topliss-reactive ketones (excluding diaryl/α,β-unsaturated/α-hetero) is 1. The van der Waals surface area contributed by atoms with E-state index in [0.717, 1.165) is 4.90 Å². The molecule has 0 fully saturated rings. The van der Waals surface area contributed by atoms with Crippen molar-refractivity contribution in [3.63, 3.8) is 0 Å². The molecule has 0 bridgehead atoms. The average molecular weight is 402 g/mol. The highest BCUT2D eigenvalue weighted by Gasteiger charge is 2.71. The first-order chi connectivity index (χ1) is 12.8. The van der Waals surface area contributed by atoms with Gasteiger partial charge in [-0.15, -0.1) is 0 Å². The van der Waals surface area contributed by atoms with Gasteiger partial charge in [-0.25, -0.2) is 0 Å². The largest absolute Gasteiger partial charge is 0.425 e. The number of carbonyl (C=O) groups excluding carboxylic acids is 3.